The lowest BCUT2D eigenvalue weighted by Crippen LogP contribution is -1.95. The van der Waals surface area contributed by atoms with Crippen molar-refractivity contribution in [2.24, 2.45) is 0 Å². The second-order valence-electron chi connectivity index (χ2n) is 3.85. The molecular weight excluding hydrogens is 339 g/mol. The van der Waals surface area contributed by atoms with E-state index < -0.39 is 4.92 Å². The molecule has 0 spiro atoms. The molecule has 2 rings (SSSR count). The van der Waals surface area contributed by atoms with E-state index in [9.17, 15) is 10.1 Å². The number of halogens is 3. The Morgan fingerprint density at radius 1 is 1.05 bits per heavy atom. The van der Waals surface area contributed by atoms with Gasteiger partial charge in [0.1, 0.15) is 5.75 Å². The Balaban J connectivity index is 2.47. The third-order valence-corrected chi connectivity index (χ3v) is 3.50. The summed E-state index contributed by atoms with van der Waals surface area (Å²) >= 11 is 17.6. The molecule has 0 aliphatic carbocycles. The van der Waals surface area contributed by atoms with Gasteiger partial charge in [0.05, 0.1) is 31.6 Å². The van der Waals surface area contributed by atoms with Gasteiger partial charge in [0, 0.05) is 12.1 Å². The molecule has 0 fully saturated rings. The van der Waals surface area contributed by atoms with Crippen LogP contribution in [0.15, 0.2) is 30.3 Å². The summed E-state index contributed by atoms with van der Waals surface area (Å²) in [4.78, 5) is 10.4. The zero-order chi connectivity index (χ0) is 15.6. The Labute approximate surface area is 134 Å². The second-order valence-corrected chi connectivity index (χ2v) is 5.07. The average molecular weight is 344 g/mol. The highest BCUT2D eigenvalue weighted by Gasteiger charge is 2.18. The van der Waals surface area contributed by atoms with Gasteiger partial charge in [0.15, 0.2) is 0 Å². The summed E-state index contributed by atoms with van der Waals surface area (Å²) in [5.41, 5.74) is -0.203. The van der Waals surface area contributed by atoms with Crippen molar-refractivity contribution in [1.82, 2.24) is 0 Å². The quantitative estimate of drug-likeness (QED) is 0.435. The number of nitriles is 1. The number of nitro benzene ring substituents is 1. The molecule has 0 aromatic heterocycles. The van der Waals surface area contributed by atoms with Gasteiger partial charge < -0.3 is 4.74 Å². The van der Waals surface area contributed by atoms with Gasteiger partial charge in [-0.1, -0.05) is 34.8 Å². The maximum Gasteiger partial charge on any atom is 0.312 e. The first-order valence-electron chi connectivity index (χ1n) is 5.43. The van der Waals surface area contributed by atoms with Crippen molar-refractivity contribution >= 4 is 40.5 Å². The minimum Gasteiger partial charge on any atom is -0.448 e. The van der Waals surface area contributed by atoms with E-state index in [2.05, 4.69) is 0 Å². The van der Waals surface area contributed by atoms with Gasteiger partial charge in [-0.05, 0) is 18.2 Å². The van der Waals surface area contributed by atoms with E-state index in [0.717, 1.165) is 6.07 Å². The zero-order valence-corrected chi connectivity index (χ0v) is 12.4. The molecule has 21 heavy (non-hydrogen) atoms. The number of rotatable bonds is 3. The molecule has 0 saturated carbocycles. The fourth-order valence-corrected chi connectivity index (χ4v) is 2.09. The van der Waals surface area contributed by atoms with Crippen molar-refractivity contribution in [3.8, 4) is 17.6 Å². The molecule has 0 aliphatic heterocycles. The van der Waals surface area contributed by atoms with Crippen molar-refractivity contribution in [1.29, 1.82) is 5.26 Å². The standard InChI is InChI=1S/C13H5Cl3N2O3/c14-8-4-10(16)13(5-9(8)15)21-12-2-1-7(6-17)3-11(12)18(19)20/h1-5H. The smallest absolute Gasteiger partial charge is 0.312 e. The number of hydrogen-bond acceptors (Lipinski definition) is 4. The van der Waals surface area contributed by atoms with Crippen molar-refractivity contribution in [2.75, 3.05) is 0 Å². The summed E-state index contributed by atoms with van der Waals surface area (Å²) in [6.45, 7) is 0. The second kappa shape index (κ2) is 6.19. The normalized spacial score (nSPS) is 10.0. The van der Waals surface area contributed by atoms with Crippen molar-refractivity contribution in [3.05, 3.63) is 61.1 Å². The third kappa shape index (κ3) is 3.37. The summed E-state index contributed by atoms with van der Waals surface area (Å²) in [7, 11) is 0. The molecule has 106 valence electrons. The van der Waals surface area contributed by atoms with Crippen LogP contribution in [0.1, 0.15) is 5.56 Å². The first-order valence-corrected chi connectivity index (χ1v) is 6.56. The molecule has 0 saturated heterocycles. The topological polar surface area (TPSA) is 76.2 Å². The number of ether oxygens (including phenoxy) is 1. The minimum absolute atomic E-state index is 0.0562. The van der Waals surface area contributed by atoms with Crippen LogP contribution >= 0.6 is 34.8 Å². The highest BCUT2D eigenvalue weighted by atomic mass is 35.5. The first-order chi connectivity index (χ1) is 9.92. The summed E-state index contributed by atoms with van der Waals surface area (Å²) < 4.78 is 5.41. The Hall–Kier alpha value is -2.00. The molecule has 0 aliphatic rings. The highest BCUT2D eigenvalue weighted by Crippen LogP contribution is 2.39. The zero-order valence-electron chi connectivity index (χ0n) is 10.1. The highest BCUT2D eigenvalue weighted by molar-refractivity contribution is 6.43. The Morgan fingerprint density at radius 2 is 1.71 bits per heavy atom. The van der Waals surface area contributed by atoms with Gasteiger partial charge in [0.2, 0.25) is 5.75 Å². The summed E-state index contributed by atoms with van der Waals surface area (Å²) in [6, 6.07) is 8.37. The van der Waals surface area contributed by atoms with Crippen LogP contribution < -0.4 is 4.74 Å². The molecule has 2 aromatic carbocycles. The predicted molar refractivity (Wildman–Crippen MR) is 79.4 cm³/mol. The molecule has 0 bridgehead atoms. The van der Waals surface area contributed by atoms with Crippen LogP contribution in [0, 0.1) is 21.4 Å². The predicted octanol–water partition coefficient (Wildman–Crippen LogP) is 5.22. The van der Waals surface area contributed by atoms with Gasteiger partial charge >= 0.3 is 5.69 Å². The summed E-state index contributed by atoms with van der Waals surface area (Å²) in [5.74, 6) is 0.0677. The lowest BCUT2D eigenvalue weighted by Gasteiger charge is -2.09. The van der Waals surface area contributed by atoms with E-state index in [4.69, 9.17) is 44.8 Å². The maximum atomic E-state index is 11.0. The molecule has 5 nitrogen and oxygen atoms in total. The average Bonchev–Trinajstić information content (AvgIpc) is 2.44. The fourth-order valence-electron chi connectivity index (χ4n) is 1.52. The molecular formula is C13H5Cl3N2O3. The van der Waals surface area contributed by atoms with E-state index in [-0.39, 0.29) is 37.8 Å². The van der Waals surface area contributed by atoms with Crippen LogP contribution in [0.25, 0.3) is 0 Å². The molecule has 0 atom stereocenters. The van der Waals surface area contributed by atoms with Gasteiger partial charge in [-0.15, -0.1) is 0 Å². The Kier molecular flexibility index (Phi) is 4.53. The SMILES string of the molecule is N#Cc1ccc(Oc2cc(Cl)c(Cl)cc2Cl)c([N+](=O)[O-])c1. The lowest BCUT2D eigenvalue weighted by molar-refractivity contribution is -0.385. The van der Waals surface area contributed by atoms with Crippen LogP contribution in [-0.4, -0.2) is 4.92 Å². The summed E-state index contributed by atoms with van der Waals surface area (Å²) in [5, 5.41) is 20.4. The van der Waals surface area contributed by atoms with Gasteiger partial charge in [0.25, 0.3) is 0 Å². The molecule has 0 unspecified atom stereocenters. The molecule has 0 amide bonds. The number of benzene rings is 2. The van der Waals surface area contributed by atoms with Crippen LogP contribution in [-0.2, 0) is 0 Å². The Bertz CT molecular complexity index is 772. The summed E-state index contributed by atoms with van der Waals surface area (Å²) in [6.07, 6.45) is 0. The molecule has 0 radical (unpaired) electrons. The molecule has 0 heterocycles. The van der Waals surface area contributed by atoms with E-state index in [1.165, 1.54) is 24.3 Å². The van der Waals surface area contributed by atoms with Crippen LogP contribution in [0.2, 0.25) is 15.1 Å². The van der Waals surface area contributed by atoms with Crippen molar-refractivity contribution < 1.29 is 9.66 Å². The van der Waals surface area contributed by atoms with Crippen LogP contribution in [0.5, 0.6) is 11.5 Å². The Morgan fingerprint density at radius 3 is 2.33 bits per heavy atom. The van der Waals surface area contributed by atoms with Gasteiger partial charge in [-0.3, -0.25) is 10.1 Å². The number of nitrogens with zero attached hydrogens (tertiary/aromatic N) is 2. The number of nitro groups is 1. The van der Waals surface area contributed by atoms with E-state index in [0.29, 0.717) is 0 Å². The van der Waals surface area contributed by atoms with Crippen LogP contribution in [0.4, 0.5) is 5.69 Å². The van der Waals surface area contributed by atoms with Crippen molar-refractivity contribution in [2.45, 2.75) is 0 Å². The van der Waals surface area contributed by atoms with E-state index >= 15 is 0 Å². The lowest BCUT2D eigenvalue weighted by atomic mass is 10.2. The fraction of sp³-hybridized carbons (Fsp3) is 0. The molecule has 2 aromatic rings. The largest absolute Gasteiger partial charge is 0.448 e. The van der Waals surface area contributed by atoms with Crippen LogP contribution in [0.3, 0.4) is 0 Å². The third-order valence-electron chi connectivity index (χ3n) is 2.48. The first kappa shape index (κ1) is 15.4. The molecule has 8 heteroatoms. The molecule has 0 N–H and O–H groups in total. The monoisotopic (exact) mass is 342 g/mol. The number of hydrogen-bond donors (Lipinski definition) is 0. The van der Waals surface area contributed by atoms with Gasteiger partial charge in [-0.2, -0.15) is 5.26 Å². The van der Waals surface area contributed by atoms with Gasteiger partial charge in [-0.25, -0.2) is 0 Å². The van der Waals surface area contributed by atoms with E-state index in [1.807, 2.05) is 6.07 Å². The maximum absolute atomic E-state index is 11.0. The minimum atomic E-state index is -0.651. The van der Waals surface area contributed by atoms with E-state index in [1.54, 1.807) is 0 Å². The van der Waals surface area contributed by atoms with Crippen molar-refractivity contribution in [3.63, 3.8) is 0 Å².